The van der Waals surface area contributed by atoms with Crippen LogP contribution in [0.15, 0.2) is 83.7 Å². The third-order valence-corrected chi connectivity index (χ3v) is 4.64. The van der Waals surface area contributed by atoms with E-state index in [1.165, 1.54) is 0 Å². The Morgan fingerprint density at radius 1 is 0.840 bits per heavy atom. The Kier molecular flexibility index (Phi) is 2.97. The molecule has 0 bridgehead atoms. The molecule has 4 heteroatoms. The largest absolute Gasteiger partial charge is 0.360 e. The predicted octanol–water partition coefficient (Wildman–Crippen LogP) is 4.04. The van der Waals surface area contributed by atoms with Crippen LogP contribution in [0.3, 0.4) is 0 Å². The van der Waals surface area contributed by atoms with E-state index in [9.17, 15) is 4.79 Å². The van der Waals surface area contributed by atoms with Crippen LogP contribution in [-0.4, -0.2) is 9.55 Å². The summed E-state index contributed by atoms with van der Waals surface area (Å²) in [6, 6.07) is 25.5. The summed E-state index contributed by atoms with van der Waals surface area (Å²) in [6.07, 6.45) is -0.282. The van der Waals surface area contributed by atoms with Gasteiger partial charge in [-0.3, -0.25) is 9.36 Å². The molecule has 120 valence electrons. The minimum Gasteiger partial charge on any atom is -0.360 e. The summed E-state index contributed by atoms with van der Waals surface area (Å²) >= 11 is 0. The lowest BCUT2D eigenvalue weighted by Gasteiger charge is -2.31. The number of nitrogens with zero attached hydrogens (tertiary/aromatic N) is 2. The average Bonchev–Trinajstić information content (AvgIpc) is 2.68. The summed E-state index contributed by atoms with van der Waals surface area (Å²) in [4.78, 5) is 18.1. The number of anilines is 1. The molecule has 25 heavy (non-hydrogen) atoms. The summed E-state index contributed by atoms with van der Waals surface area (Å²) in [5, 5.41) is 4.13. The zero-order chi connectivity index (χ0) is 16.8. The van der Waals surface area contributed by atoms with Gasteiger partial charge in [0.05, 0.1) is 10.9 Å². The van der Waals surface area contributed by atoms with Crippen molar-refractivity contribution < 1.29 is 0 Å². The van der Waals surface area contributed by atoms with E-state index in [1.54, 1.807) is 4.57 Å². The number of benzene rings is 3. The second kappa shape index (κ2) is 5.31. The van der Waals surface area contributed by atoms with Crippen LogP contribution in [0.2, 0.25) is 0 Å². The molecular formula is C21H15N3O. The number of nitrogens with one attached hydrogen (secondary N) is 1. The number of para-hydroxylation sites is 2. The number of hydrogen-bond acceptors (Lipinski definition) is 3. The monoisotopic (exact) mass is 325 g/mol. The average molecular weight is 325 g/mol. The van der Waals surface area contributed by atoms with Crippen LogP contribution in [0.4, 0.5) is 5.69 Å². The van der Waals surface area contributed by atoms with Crippen molar-refractivity contribution >= 4 is 16.6 Å². The minimum absolute atomic E-state index is 0.0311. The van der Waals surface area contributed by atoms with Gasteiger partial charge in [0.25, 0.3) is 5.56 Å². The highest BCUT2D eigenvalue weighted by Crippen LogP contribution is 2.36. The first-order valence-corrected chi connectivity index (χ1v) is 8.25. The fourth-order valence-electron chi connectivity index (χ4n) is 3.46. The Morgan fingerprint density at radius 2 is 1.56 bits per heavy atom. The van der Waals surface area contributed by atoms with Gasteiger partial charge in [-0.1, -0.05) is 54.6 Å². The molecule has 4 nitrogen and oxygen atoms in total. The number of rotatable bonds is 1. The zero-order valence-corrected chi connectivity index (χ0v) is 13.4. The molecule has 1 aliphatic heterocycles. The van der Waals surface area contributed by atoms with Gasteiger partial charge >= 0.3 is 0 Å². The summed E-state index contributed by atoms with van der Waals surface area (Å²) in [5.74, 6) is 0.701. The number of fused-ring (bicyclic) bond motifs is 4. The quantitative estimate of drug-likeness (QED) is 0.574. The Hall–Kier alpha value is -3.40. The van der Waals surface area contributed by atoms with E-state index in [0.29, 0.717) is 11.2 Å². The number of hydrogen-bond donors (Lipinski definition) is 1. The molecule has 1 aliphatic rings. The molecular weight excluding hydrogens is 310 g/mol. The fourth-order valence-corrected chi connectivity index (χ4v) is 3.46. The van der Waals surface area contributed by atoms with Crippen LogP contribution in [0.1, 0.15) is 11.7 Å². The van der Waals surface area contributed by atoms with Crippen molar-refractivity contribution in [2.75, 3.05) is 5.32 Å². The minimum atomic E-state index is -0.282. The fraction of sp³-hybridized carbons (Fsp3) is 0.0476. The molecule has 1 unspecified atom stereocenters. The van der Waals surface area contributed by atoms with E-state index >= 15 is 0 Å². The lowest BCUT2D eigenvalue weighted by molar-refractivity contribution is 0.620. The Morgan fingerprint density at radius 3 is 2.44 bits per heavy atom. The van der Waals surface area contributed by atoms with Crippen LogP contribution in [0.25, 0.3) is 22.3 Å². The molecule has 1 atom stereocenters. The molecule has 1 N–H and O–H groups in total. The maximum atomic E-state index is 13.2. The van der Waals surface area contributed by atoms with Crippen LogP contribution >= 0.6 is 0 Å². The SMILES string of the molecule is O=c1c2ccccc2nc2n1C(c1ccccc1)Nc1ccccc1-2. The van der Waals surface area contributed by atoms with Crippen molar-refractivity contribution in [3.8, 4) is 11.4 Å². The van der Waals surface area contributed by atoms with Gasteiger partial charge in [-0.05, 0) is 29.8 Å². The second-order valence-electron chi connectivity index (χ2n) is 6.13. The first kappa shape index (κ1) is 14.0. The van der Waals surface area contributed by atoms with Crippen molar-refractivity contribution in [3.05, 3.63) is 94.8 Å². The third-order valence-electron chi connectivity index (χ3n) is 4.64. The first-order valence-electron chi connectivity index (χ1n) is 8.25. The summed E-state index contributed by atoms with van der Waals surface area (Å²) in [5.41, 5.74) is 3.65. The van der Waals surface area contributed by atoms with E-state index in [2.05, 4.69) is 5.32 Å². The molecule has 0 radical (unpaired) electrons. The van der Waals surface area contributed by atoms with Crippen LogP contribution < -0.4 is 10.9 Å². The van der Waals surface area contributed by atoms with Gasteiger partial charge in [-0.25, -0.2) is 4.98 Å². The van der Waals surface area contributed by atoms with Crippen molar-refractivity contribution in [1.82, 2.24) is 9.55 Å². The summed E-state index contributed by atoms with van der Waals surface area (Å²) in [7, 11) is 0. The first-order chi connectivity index (χ1) is 12.3. The molecule has 2 heterocycles. The van der Waals surface area contributed by atoms with Crippen LogP contribution in [-0.2, 0) is 0 Å². The van der Waals surface area contributed by atoms with Gasteiger partial charge in [0.2, 0.25) is 0 Å². The molecule has 3 aromatic carbocycles. The highest BCUT2D eigenvalue weighted by molar-refractivity contribution is 5.83. The Bertz CT molecular complexity index is 1150. The van der Waals surface area contributed by atoms with Crippen molar-refractivity contribution in [3.63, 3.8) is 0 Å². The normalized spacial score (nSPS) is 15.3. The van der Waals surface area contributed by atoms with E-state index in [-0.39, 0.29) is 11.7 Å². The molecule has 1 aromatic heterocycles. The van der Waals surface area contributed by atoms with E-state index in [4.69, 9.17) is 4.98 Å². The molecule has 0 aliphatic carbocycles. The van der Waals surface area contributed by atoms with E-state index in [0.717, 1.165) is 22.3 Å². The van der Waals surface area contributed by atoms with Gasteiger partial charge in [0.1, 0.15) is 12.0 Å². The van der Waals surface area contributed by atoms with Gasteiger partial charge < -0.3 is 5.32 Å². The Labute approximate surface area is 144 Å². The molecule has 0 spiro atoms. The van der Waals surface area contributed by atoms with E-state index < -0.39 is 0 Å². The molecule has 4 aromatic rings. The van der Waals surface area contributed by atoms with Crippen molar-refractivity contribution in [1.29, 1.82) is 0 Å². The Balaban J connectivity index is 1.89. The smallest absolute Gasteiger partial charge is 0.263 e. The van der Waals surface area contributed by atoms with Crippen LogP contribution in [0, 0.1) is 0 Å². The predicted molar refractivity (Wildman–Crippen MR) is 99.6 cm³/mol. The van der Waals surface area contributed by atoms with Crippen molar-refractivity contribution in [2.24, 2.45) is 0 Å². The lowest BCUT2D eigenvalue weighted by Crippen LogP contribution is -2.35. The third kappa shape index (κ3) is 2.08. The van der Waals surface area contributed by atoms with Crippen molar-refractivity contribution in [2.45, 2.75) is 6.17 Å². The highest BCUT2D eigenvalue weighted by Gasteiger charge is 2.27. The summed E-state index contributed by atoms with van der Waals surface area (Å²) in [6.45, 7) is 0. The molecule has 0 amide bonds. The maximum Gasteiger partial charge on any atom is 0.263 e. The highest BCUT2D eigenvalue weighted by atomic mass is 16.1. The molecule has 0 saturated heterocycles. The van der Waals surface area contributed by atoms with Gasteiger partial charge in [0, 0.05) is 11.3 Å². The molecule has 5 rings (SSSR count). The molecule has 0 saturated carbocycles. The molecule has 0 fully saturated rings. The summed E-state index contributed by atoms with van der Waals surface area (Å²) < 4.78 is 1.76. The van der Waals surface area contributed by atoms with Gasteiger partial charge in [-0.15, -0.1) is 0 Å². The van der Waals surface area contributed by atoms with Gasteiger partial charge in [0.15, 0.2) is 0 Å². The number of aromatic nitrogens is 2. The lowest BCUT2D eigenvalue weighted by atomic mass is 10.0. The topological polar surface area (TPSA) is 46.9 Å². The van der Waals surface area contributed by atoms with Crippen LogP contribution in [0.5, 0.6) is 0 Å². The van der Waals surface area contributed by atoms with Gasteiger partial charge in [-0.2, -0.15) is 0 Å². The maximum absolute atomic E-state index is 13.2. The zero-order valence-electron chi connectivity index (χ0n) is 13.4. The van der Waals surface area contributed by atoms with E-state index in [1.807, 2.05) is 78.9 Å². The standard InChI is InChI=1S/C21H15N3O/c25-21-16-11-5-7-13-18(16)23-20-15-10-4-6-12-17(15)22-19(24(20)21)14-8-2-1-3-9-14/h1-13,19,22H. The second-order valence-corrected chi connectivity index (χ2v) is 6.13.